The minimum absolute atomic E-state index is 0.0217. The summed E-state index contributed by atoms with van der Waals surface area (Å²) in [5.41, 5.74) is -0.893. The van der Waals surface area contributed by atoms with Gasteiger partial charge in [0.05, 0.1) is 11.3 Å². The fourth-order valence-corrected chi connectivity index (χ4v) is 1.53. The molecule has 0 spiro atoms. The molecule has 1 amide bonds. The molecule has 8 heteroatoms. The lowest BCUT2D eigenvalue weighted by atomic mass is 10.1. The summed E-state index contributed by atoms with van der Waals surface area (Å²) in [7, 11) is 0. The van der Waals surface area contributed by atoms with Crippen LogP contribution in [0.5, 0.6) is 0 Å². The Labute approximate surface area is 107 Å². The van der Waals surface area contributed by atoms with Crippen LogP contribution in [0.2, 0.25) is 0 Å². The molecule has 0 aliphatic rings. The van der Waals surface area contributed by atoms with Crippen molar-refractivity contribution in [3.8, 4) is 0 Å². The molecule has 0 atom stereocenters. The number of aryl methyl sites for hydroxylation is 1. The highest BCUT2D eigenvalue weighted by Crippen LogP contribution is 2.24. The van der Waals surface area contributed by atoms with Crippen LogP contribution in [0.1, 0.15) is 22.3 Å². The largest absolute Gasteiger partial charge is 0.481 e. The molecule has 2 N–H and O–H groups in total. The number of carboxylic acid groups (broad SMARTS) is 1. The van der Waals surface area contributed by atoms with Crippen LogP contribution in [0, 0.1) is 22.9 Å². The van der Waals surface area contributed by atoms with Crippen molar-refractivity contribution in [1.82, 2.24) is 5.32 Å². The summed E-state index contributed by atoms with van der Waals surface area (Å²) in [6, 6.07) is 1.70. The van der Waals surface area contributed by atoms with Crippen molar-refractivity contribution in [1.29, 1.82) is 0 Å². The van der Waals surface area contributed by atoms with Gasteiger partial charge in [0.2, 0.25) is 0 Å². The van der Waals surface area contributed by atoms with Gasteiger partial charge in [-0.2, -0.15) is 0 Å². The lowest BCUT2D eigenvalue weighted by Crippen LogP contribution is -2.27. The average molecular weight is 270 g/mol. The average Bonchev–Trinajstić information content (AvgIpc) is 2.26. The van der Waals surface area contributed by atoms with Gasteiger partial charge in [-0.3, -0.25) is 19.7 Å². The molecular weight excluding hydrogens is 259 g/mol. The van der Waals surface area contributed by atoms with Gasteiger partial charge in [-0.05, 0) is 19.1 Å². The summed E-state index contributed by atoms with van der Waals surface area (Å²) >= 11 is 0. The van der Waals surface area contributed by atoms with Crippen molar-refractivity contribution in [2.24, 2.45) is 0 Å². The first kappa shape index (κ1) is 14.6. The molecule has 0 heterocycles. The molecule has 19 heavy (non-hydrogen) atoms. The number of nitrogens with zero attached hydrogens (tertiary/aromatic N) is 1. The zero-order valence-corrected chi connectivity index (χ0v) is 9.97. The summed E-state index contributed by atoms with van der Waals surface area (Å²) in [6.07, 6.45) is -0.326. The maximum atomic E-state index is 13.2. The smallest absolute Gasteiger partial charge is 0.305 e. The Bertz CT molecular complexity index is 544. The second-order valence-electron chi connectivity index (χ2n) is 3.78. The summed E-state index contributed by atoms with van der Waals surface area (Å²) in [4.78, 5) is 32.0. The molecule has 1 aromatic carbocycles. The monoisotopic (exact) mass is 270 g/mol. The normalized spacial score (nSPS) is 10.0. The van der Waals surface area contributed by atoms with E-state index in [2.05, 4.69) is 5.32 Å². The van der Waals surface area contributed by atoms with Gasteiger partial charge in [0.15, 0.2) is 0 Å². The predicted octanol–water partition coefficient (Wildman–Crippen LogP) is 1.25. The van der Waals surface area contributed by atoms with Gasteiger partial charge >= 0.3 is 5.97 Å². The fourth-order valence-electron chi connectivity index (χ4n) is 1.53. The Morgan fingerprint density at radius 2 is 2.11 bits per heavy atom. The SMILES string of the molecule is Cc1cc(F)cc(C(=O)NCCC(=O)O)c1[N+](=O)[O-]. The molecule has 0 bridgehead atoms. The van der Waals surface area contributed by atoms with E-state index < -0.39 is 33.9 Å². The lowest BCUT2D eigenvalue weighted by Gasteiger charge is -2.06. The number of hydrogen-bond acceptors (Lipinski definition) is 4. The molecule has 0 aromatic heterocycles. The molecular formula is C11H11FN2O5. The van der Waals surface area contributed by atoms with E-state index in [0.29, 0.717) is 0 Å². The quantitative estimate of drug-likeness (QED) is 0.618. The number of aliphatic carboxylic acids is 1. The number of benzene rings is 1. The van der Waals surface area contributed by atoms with Crippen LogP contribution in [-0.4, -0.2) is 28.5 Å². The second kappa shape index (κ2) is 5.89. The standard InChI is InChI=1S/C11H11FN2O5/c1-6-4-7(12)5-8(10(6)14(18)19)11(17)13-3-2-9(15)16/h4-5H,2-3H2,1H3,(H,13,17)(H,15,16). The minimum Gasteiger partial charge on any atom is -0.481 e. The topological polar surface area (TPSA) is 110 Å². The van der Waals surface area contributed by atoms with E-state index in [1.165, 1.54) is 6.92 Å². The highest BCUT2D eigenvalue weighted by molar-refractivity contribution is 5.98. The summed E-state index contributed by atoms with van der Waals surface area (Å²) in [6.45, 7) is 1.12. The van der Waals surface area contributed by atoms with Gasteiger partial charge < -0.3 is 10.4 Å². The van der Waals surface area contributed by atoms with Crippen LogP contribution in [0.15, 0.2) is 12.1 Å². The van der Waals surface area contributed by atoms with Gasteiger partial charge in [-0.1, -0.05) is 0 Å². The maximum absolute atomic E-state index is 13.2. The number of rotatable bonds is 5. The molecule has 0 aliphatic carbocycles. The Morgan fingerprint density at radius 3 is 2.63 bits per heavy atom. The summed E-state index contributed by atoms with van der Waals surface area (Å²) < 4.78 is 13.2. The van der Waals surface area contributed by atoms with E-state index in [4.69, 9.17) is 5.11 Å². The minimum atomic E-state index is -1.12. The molecule has 1 rings (SSSR count). The van der Waals surface area contributed by atoms with Crippen LogP contribution in [0.4, 0.5) is 10.1 Å². The van der Waals surface area contributed by atoms with E-state index >= 15 is 0 Å². The van der Waals surface area contributed by atoms with Crippen molar-refractivity contribution >= 4 is 17.6 Å². The van der Waals surface area contributed by atoms with Gasteiger partial charge in [-0.25, -0.2) is 4.39 Å². The first-order chi connectivity index (χ1) is 8.82. The van der Waals surface area contributed by atoms with Crippen LogP contribution >= 0.6 is 0 Å². The lowest BCUT2D eigenvalue weighted by molar-refractivity contribution is -0.385. The molecule has 0 unspecified atom stereocenters. The van der Waals surface area contributed by atoms with Crippen molar-refractivity contribution in [2.45, 2.75) is 13.3 Å². The second-order valence-corrected chi connectivity index (χ2v) is 3.78. The van der Waals surface area contributed by atoms with E-state index in [1.807, 2.05) is 0 Å². The number of nitrogens with one attached hydrogen (secondary N) is 1. The first-order valence-electron chi connectivity index (χ1n) is 5.27. The maximum Gasteiger partial charge on any atom is 0.305 e. The van der Waals surface area contributed by atoms with Crippen LogP contribution in [-0.2, 0) is 4.79 Å². The van der Waals surface area contributed by atoms with Gasteiger partial charge in [0.1, 0.15) is 11.4 Å². The number of hydrogen-bond donors (Lipinski definition) is 2. The Hall–Kier alpha value is -2.51. The van der Waals surface area contributed by atoms with E-state index in [1.54, 1.807) is 0 Å². The van der Waals surface area contributed by atoms with Crippen molar-refractivity contribution < 1.29 is 24.0 Å². The highest BCUT2D eigenvalue weighted by Gasteiger charge is 2.24. The first-order valence-corrected chi connectivity index (χ1v) is 5.27. The zero-order chi connectivity index (χ0) is 14.6. The van der Waals surface area contributed by atoms with E-state index in [9.17, 15) is 24.1 Å². The third kappa shape index (κ3) is 3.73. The number of nitro benzene ring substituents is 1. The molecule has 0 aliphatic heterocycles. The van der Waals surface area contributed by atoms with E-state index in [-0.39, 0.29) is 18.5 Å². The number of carboxylic acids is 1. The predicted molar refractivity (Wildman–Crippen MR) is 62.4 cm³/mol. The third-order valence-corrected chi connectivity index (χ3v) is 2.32. The molecule has 0 saturated carbocycles. The summed E-state index contributed by atoms with van der Waals surface area (Å²) in [5, 5.41) is 21.4. The van der Waals surface area contributed by atoms with Crippen LogP contribution in [0.25, 0.3) is 0 Å². The van der Waals surface area contributed by atoms with E-state index in [0.717, 1.165) is 12.1 Å². The Morgan fingerprint density at radius 1 is 1.47 bits per heavy atom. The Balaban J connectivity index is 3.01. The number of halogens is 1. The molecule has 0 radical (unpaired) electrons. The fraction of sp³-hybridized carbons (Fsp3) is 0.273. The van der Waals surface area contributed by atoms with Crippen molar-refractivity contribution in [2.75, 3.05) is 6.54 Å². The molecule has 1 aromatic rings. The molecule has 102 valence electrons. The van der Waals surface area contributed by atoms with Crippen LogP contribution < -0.4 is 5.32 Å². The number of carbonyl (C=O) groups excluding carboxylic acids is 1. The summed E-state index contributed by atoms with van der Waals surface area (Å²) in [5.74, 6) is -2.77. The van der Waals surface area contributed by atoms with Crippen molar-refractivity contribution in [3.63, 3.8) is 0 Å². The molecule has 0 saturated heterocycles. The van der Waals surface area contributed by atoms with Crippen LogP contribution in [0.3, 0.4) is 0 Å². The van der Waals surface area contributed by atoms with Crippen molar-refractivity contribution in [3.05, 3.63) is 39.2 Å². The number of nitro groups is 1. The van der Waals surface area contributed by atoms with Gasteiger partial charge in [0.25, 0.3) is 11.6 Å². The third-order valence-electron chi connectivity index (χ3n) is 2.32. The van der Waals surface area contributed by atoms with Gasteiger partial charge in [0, 0.05) is 12.1 Å². The molecule has 0 fully saturated rings. The number of carbonyl (C=O) groups is 2. The highest BCUT2D eigenvalue weighted by atomic mass is 19.1. The molecule has 7 nitrogen and oxygen atoms in total. The zero-order valence-electron chi connectivity index (χ0n) is 9.97. The van der Waals surface area contributed by atoms with Gasteiger partial charge in [-0.15, -0.1) is 0 Å². The number of amides is 1. The Kier molecular flexibility index (Phi) is 4.51.